The highest BCUT2D eigenvalue weighted by Gasteiger charge is 2.25. The third kappa shape index (κ3) is 4.17. The van der Waals surface area contributed by atoms with Crippen molar-refractivity contribution < 1.29 is 8.42 Å². The van der Waals surface area contributed by atoms with Gasteiger partial charge in [0.25, 0.3) is 0 Å². The van der Waals surface area contributed by atoms with Crippen LogP contribution in [0.5, 0.6) is 0 Å². The lowest BCUT2D eigenvalue weighted by atomic mass is 10.0. The van der Waals surface area contributed by atoms with Crippen molar-refractivity contribution in [2.24, 2.45) is 11.7 Å². The van der Waals surface area contributed by atoms with Gasteiger partial charge in [-0.05, 0) is 24.5 Å². The van der Waals surface area contributed by atoms with Gasteiger partial charge in [-0.1, -0.05) is 31.5 Å². The number of nitriles is 1. The molecule has 1 aromatic carbocycles. The fourth-order valence-corrected chi connectivity index (χ4v) is 3.40. The van der Waals surface area contributed by atoms with Crippen LogP contribution in [0, 0.1) is 17.2 Å². The van der Waals surface area contributed by atoms with Gasteiger partial charge in [0.1, 0.15) is 11.0 Å². The van der Waals surface area contributed by atoms with E-state index in [0.29, 0.717) is 13.0 Å². The third-order valence-electron chi connectivity index (χ3n) is 3.41. The Bertz CT molecular complexity index is 638. The molecule has 7 heteroatoms. The van der Waals surface area contributed by atoms with E-state index in [4.69, 9.17) is 22.6 Å². The molecule has 0 radical (unpaired) electrons. The Morgan fingerprint density at radius 1 is 1.43 bits per heavy atom. The van der Waals surface area contributed by atoms with Crippen molar-refractivity contribution in [3.05, 3.63) is 28.8 Å². The van der Waals surface area contributed by atoms with Gasteiger partial charge in [0.2, 0.25) is 10.0 Å². The number of hydrogen-bond acceptors (Lipinski definition) is 4. The highest BCUT2D eigenvalue weighted by Crippen LogP contribution is 2.25. The highest BCUT2D eigenvalue weighted by atomic mass is 35.5. The monoisotopic (exact) mass is 329 g/mol. The summed E-state index contributed by atoms with van der Waals surface area (Å²) >= 11 is 5.88. The fraction of sp³-hybridized carbons (Fsp3) is 0.500. The van der Waals surface area contributed by atoms with Crippen molar-refractivity contribution in [1.82, 2.24) is 4.31 Å². The third-order valence-corrected chi connectivity index (χ3v) is 5.62. The second kappa shape index (κ2) is 7.23. The highest BCUT2D eigenvalue weighted by molar-refractivity contribution is 7.89. The first-order valence-electron chi connectivity index (χ1n) is 6.62. The van der Waals surface area contributed by atoms with Gasteiger partial charge in [-0.3, -0.25) is 0 Å². The molecule has 0 saturated heterocycles. The zero-order valence-corrected chi connectivity index (χ0v) is 13.9. The first kappa shape index (κ1) is 17.9. The summed E-state index contributed by atoms with van der Waals surface area (Å²) < 4.78 is 26.3. The van der Waals surface area contributed by atoms with E-state index in [-0.39, 0.29) is 27.4 Å². The lowest BCUT2D eigenvalue weighted by Gasteiger charge is -2.21. The van der Waals surface area contributed by atoms with Gasteiger partial charge >= 0.3 is 0 Å². The Hall–Kier alpha value is -1.13. The van der Waals surface area contributed by atoms with Crippen LogP contribution in [0.2, 0.25) is 5.02 Å². The number of nitrogens with two attached hydrogens (primary N) is 1. The Balaban J connectivity index is 3.02. The Morgan fingerprint density at radius 2 is 2.05 bits per heavy atom. The summed E-state index contributed by atoms with van der Waals surface area (Å²) in [5, 5.41) is 9.23. The van der Waals surface area contributed by atoms with Crippen LogP contribution in [0.25, 0.3) is 0 Å². The molecule has 0 spiro atoms. The molecular formula is C14H20ClN3O2S. The molecule has 0 saturated carbocycles. The Labute approximate surface area is 131 Å². The molecule has 5 nitrogen and oxygen atoms in total. The number of nitrogens with zero attached hydrogens (tertiary/aromatic N) is 2. The lowest BCUT2D eigenvalue weighted by molar-refractivity contribution is 0.397. The van der Waals surface area contributed by atoms with Crippen LogP contribution >= 0.6 is 11.6 Å². The average molecular weight is 330 g/mol. The summed E-state index contributed by atoms with van der Waals surface area (Å²) in [6.07, 6.45) is 0.551. The van der Waals surface area contributed by atoms with Gasteiger partial charge in [-0.25, -0.2) is 12.7 Å². The number of benzene rings is 1. The van der Waals surface area contributed by atoms with E-state index in [1.54, 1.807) is 0 Å². The maximum absolute atomic E-state index is 12.5. The van der Waals surface area contributed by atoms with Crippen LogP contribution in [-0.4, -0.2) is 32.4 Å². The van der Waals surface area contributed by atoms with Crippen molar-refractivity contribution in [3.63, 3.8) is 0 Å². The first-order valence-corrected chi connectivity index (χ1v) is 8.44. The SMILES string of the molecule is CC(C)C(N)CCN(C)S(=O)(=O)c1cccc(Cl)c1C#N. The number of rotatable bonds is 6. The molecular weight excluding hydrogens is 310 g/mol. The van der Waals surface area contributed by atoms with E-state index in [1.807, 2.05) is 19.9 Å². The van der Waals surface area contributed by atoms with Gasteiger partial charge in [0.15, 0.2) is 0 Å². The zero-order chi connectivity index (χ0) is 16.2. The largest absolute Gasteiger partial charge is 0.327 e. The molecule has 1 atom stereocenters. The summed E-state index contributed by atoms with van der Waals surface area (Å²) in [4.78, 5) is -0.0712. The molecule has 116 valence electrons. The van der Waals surface area contributed by atoms with E-state index >= 15 is 0 Å². The summed E-state index contributed by atoms with van der Waals surface area (Å²) in [6.45, 7) is 4.27. The molecule has 0 aliphatic heterocycles. The quantitative estimate of drug-likeness (QED) is 0.866. The minimum absolute atomic E-state index is 0.0285. The van der Waals surface area contributed by atoms with Crippen LogP contribution in [-0.2, 0) is 10.0 Å². The molecule has 21 heavy (non-hydrogen) atoms. The summed E-state index contributed by atoms with van der Waals surface area (Å²) in [7, 11) is -2.28. The predicted octanol–water partition coefficient (Wildman–Crippen LogP) is 2.21. The smallest absolute Gasteiger partial charge is 0.244 e. The molecule has 1 unspecified atom stereocenters. The second-order valence-electron chi connectivity index (χ2n) is 5.25. The molecule has 0 fully saturated rings. The summed E-state index contributed by atoms with van der Waals surface area (Å²) in [5.41, 5.74) is 5.90. The summed E-state index contributed by atoms with van der Waals surface area (Å²) in [5.74, 6) is 0.280. The lowest BCUT2D eigenvalue weighted by Crippen LogP contribution is -2.35. The molecule has 0 amide bonds. The summed E-state index contributed by atoms with van der Waals surface area (Å²) in [6, 6.07) is 6.17. The van der Waals surface area contributed by atoms with E-state index in [0.717, 1.165) is 0 Å². The average Bonchev–Trinajstić information content (AvgIpc) is 2.43. The fourth-order valence-electron chi connectivity index (χ4n) is 1.78. The molecule has 0 heterocycles. The van der Waals surface area contributed by atoms with E-state index in [9.17, 15) is 8.42 Å². The second-order valence-corrected chi connectivity index (χ2v) is 7.67. The van der Waals surface area contributed by atoms with Crippen LogP contribution in [0.1, 0.15) is 25.8 Å². The first-order chi connectivity index (χ1) is 9.71. The van der Waals surface area contributed by atoms with E-state index in [2.05, 4.69) is 0 Å². The van der Waals surface area contributed by atoms with Gasteiger partial charge in [0, 0.05) is 19.6 Å². The van der Waals surface area contributed by atoms with Gasteiger partial charge in [-0.2, -0.15) is 5.26 Å². The zero-order valence-electron chi connectivity index (χ0n) is 12.4. The minimum Gasteiger partial charge on any atom is -0.327 e. The number of hydrogen-bond donors (Lipinski definition) is 1. The Morgan fingerprint density at radius 3 is 2.57 bits per heavy atom. The van der Waals surface area contributed by atoms with Gasteiger partial charge in [-0.15, -0.1) is 0 Å². The van der Waals surface area contributed by atoms with Crippen LogP contribution in [0.15, 0.2) is 23.1 Å². The Kier molecular flexibility index (Phi) is 6.17. The normalized spacial score (nSPS) is 13.4. The van der Waals surface area contributed by atoms with Crippen LogP contribution < -0.4 is 5.73 Å². The molecule has 0 bridgehead atoms. The van der Waals surface area contributed by atoms with Gasteiger partial charge in [0.05, 0.1) is 10.6 Å². The molecule has 2 N–H and O–H groups in total. The minimum atomic E-state index is -3.75. The van der Waals surface area contributed by atoms with Crippen molar-refractivity contribution >= 4 is 21.6 Å². The van der Waals surface area contributed by atoms with E-state index < -0.39 is 10.0 Å². The standard InChI is InChI=1S/C14H20ClN3O2S/c1-10(2)13(17)7-8-18(3)21(19,20)14-6-4-5-12(15)11(14)9-16/h4-6,10,13H,7-8,17H2,1-3H3. The van der Waals surface area contributed by atoms with Gasteiger partial charge < -0.3 is 5.73 Å². The molecule has 0 aromatic heterocycles. The van der Waals surface area contributed by atoms with Crippen molar-refractivity contribution in [2.45, 2.75) is 31.2 Å². The molecule has 1 rings (SSSR count). The molecule has 0 aliphatic rings. The maximum atomic E-state index is 12.5. The number of halogens is 1. The van der Waals surface area contributed by atoms with Crippen LogP contribution in [0.3, 0.4) is 0 Å². The molecule has 0 aliphatic carbocycles. The van der Waals surface area contributed by atoms with Crippen molar-refractivity contribution in [3.8, 4) is 6.07 Å². The molecule has 1 aromatic rings. The van der Waals surface area contributed by atoms with Crippen LogP contribution in [0.4, 0.5) is 0 Å². The van der Waals surface area contributed by atoms with Crippen molar-refractivity contribution in [1.29, 1.82) is 5.26 Å². The number of sulfonamides is 1. The topological polar surface area (TPSA) is 87.2 Å². The maximum Gasteiger partial charge on any atom is 0.244 e. The van der Waals surface area contributed by atoms with E-state index in [1.165, 1.54) is 29.6 Å². The van der Waals surface area contributed by atoms with Crippen molar-refractivity contribution in [2.75, 3.05) is 13.6 Å². The predicted molar refractivity (Wildman–Crippen MR) is 83.4 cm³/mol.